The summed E-state index contributed by atoms with van der Waals surface area (Å²) in [4.78, 5) is 9.22. The van der Waals surface area contributed by atoms with Crippen LogP contribution in [0.25, 0.3) is 28.0 Å². The standard InChI is InChI=1S/C26H22ClFN6O/c1-35-19-11-12-20(21(28)15-19)23-22-24(29)34(18-9-7-17(27)8-10-18)33-25(22)32-26(31-23)30-14-13-16-5-3-2-4-6-16/h2-12,15H,13-14,29H2,1H3,(H,30,32,33). The van der Waals surface area contributed by atoms with Gasteiger partial charge in [0.15, 0.2) is 5.65 Å². The highest BCUT2D eigenvalue weighted by Crippen LogP contribution is 2.35. The lowest BCUT2D eigenvalue weighted by molar-refractivity contribution is 0.411. The molecule has 9 heteroatoms. The zero-order valence-electron chi connectivity index (χ0n) is 18.9. The number of hydrogen-bond acceptors (Lipinski definition) is 6. The molecular formula is C26H22ClFN6O. The normalized spacial score (nSPS) is 11.1. The van der Waals surface area contributed by atoms with Crippen LogP contribution in [0, 0.1) is 5.82 Å². The molecule has 7 nitrogen and oxygen atoms in total. The Morgan fingerprint density at radius 2 is 1.80 bits per heavy atom. The van der Waals surface area contributed by atoms with Gasteiger partial charge in [-0.25, -0.2) is 14.1 Å². The van der Waals surface area contributed by atoms with Gasteiger partial charge < -0.3 is 15.8 Å². The highest BCUT2D eigenvalue weighted by molar-refractivity contribution is 6.30. The summed E-state index contributed by atoms with van der Waals surface area (Å²) < 4.78 is 21.8. The Morgan fingerprint density at radius 3 is 2.51 bits per heavy atom. The molecule has 35 heavy (non-hydrogen) atoms. The molecule has 3 aromatic carbocycles. The molecule has 0 saturated heterocycles. The van der Waals surface area contributed by atoms with Gasteiger partial charge in [-0.1, -0.05) is 41.9 Å². The van der Waals surface area contributed by atoms with Crippen molar-refractivity contribution in [3.05, 3.63) is 89.2 Å². The minimum atomic E-state index is -0.488. The molecule has 3 N–H and O–H groups in total. The molecule has 5 rings (SSSR count). The van der Waals surface area contributed by atoms with Crippen LogP contribution in [0.1, 0.15) is 5.56 Å². The van der Waals surface area contributed by atoms with Crippen LogP contribution in [-0.4, -0.2) is 33.4 Å². The number of nitrogens with one attached hydrogen (secondary N) is 1. The summed E-state index contributed by atoms with van der Waals surface area (Å²) in [5.74, 6) is 0.545. The molecular weight excluding hydrogens is 467 g/mol. The summed E-state index contributed by atoms with van der Waals surface area (Å²) in [6.07, 6.45) is 0.774. The van der Waals surface area contributed by atoms with Gasteiger partial charge in [0.25, 0.3) is 0 Å². The molecule has 0 saturated carbocycles. The number of aromatic nitrogens is 4. The second-order valence-electron chi connectivity index (χ2n) is 7.88. The van der Waals surface area contributed by atoms with Gasteiger partial charge in [-0.05, 0) is 48.4 Å². The largest absolute Gasteiger partial charge is 0.497 e. The Labute approximate surface area is 206 Å². The summed E-state index contributed by atoms with van der Waals surface area (Å²) >= 11 is 6.04. The summed E-state index contributed by atoms with van der Waals surface area (Å²) in [6, 6.07) is 21.8. The molecule has 0 unspecified atom stereocenters. The van der Waals surface area contributed by atoms with Crippen molar-refractivity contribution in [2.75, 3.05) is 24.7 Å². The quantitative estimate of drug-likeness (QED) is 0.313. The Balaban J connectivity index is 1.60. The van der Waals surface area contributed by atoms with Crippen molar-refractivity contribution < 1.29 is 9.13 Å². The number of halogens is 2. The molecule has 2 aromatic heterocycles. The molecule has 0 aliphatic carbocycles. The molecule has 0 aliphatic rings. The second kappa shape index (κ2) is 9.60. The van der Waals surface area contributed by atoms with Crippen molar-refractivity contribution in [2.45, 2.75) is 6.42 Å². The number of benzene rings is 3. The fourth-order valence-corrected chi connectivity index (χ4v) is 3.97. The fourth-order valence-electron chi connectivity index (χ4n) is 3.84. The molecule has 0 bridgehead atoms. The van der Waals surface area contributed by atoms with Crippen LogP contribution >= 0.6 is 11.6 Å². The highest BCUT2D eigenvalue weighted by Gasteiger charge is 2.21. The third-order valence-electron chi connectivity index (χ3n) is 5.61. The first-order valence-electron chi connectivity index (χ1n) is 11.0. The smallest absolute Gasteiger partial charge is 0.225 e. The number of rotatable bonds is 7. The van der Waals surface area contributed by atoms with Gasteiger partial charge in [0.2, 0.25) is 5.95 Å². The number of ether oxygens (including phenoxy) is 1. The van der Waals surface area contributed by atoms with Gasteiger partial charge in [0.1, 0.15) is 17.4 Å². The number of nitrogen functional groups attached to an aromatic ring is 1. The molecule has 5 aromatic rings. The summed E-state index contributed by atoms with van der Waals surface area (Å²) in [5.41, 5.74) is 9.34. The first kappa shape index (κ1) is 22.6. The average Bonchev–Trinajstić information content (AvgIpc) is 3.21. The van der Waals surface area contributed by atoms with Gasteiger partial charge in [-0.2, -0.15) is 4.98 Å². The summed E-state index contributed by atoms with van der Waals surface area (Å²) in [6.45, 7) is 0.591. The predicted octanol–water partition coefficient (Wildman–Crippen LogP) is 5.52. The van der Waals surface area contributed by atoms with Crippen LogP contribution in [0.3, 0.4) is 0 Å². The van der Waals surface area contributed by atoms with Crippen molar-refractivity contribution in [1.29, 1.82) is 0 Å². The van der Waals surface area contributed by atoms with Crippen LogP contribution in [0.5, 0.6) is 5.75 Å². The molecule has 0 fully saturated rings. The Kier molecular flexibility index (Phi) is 6.20. The predicted molar refractivity (Wildman–Crippen MR) is 137 cm³/mol. The van der Waals surface area contributed by atoms with Crippen molar-refractivity contribution in [1.82, 2.24) is 19.7 Å². The highest BCUT2D eigenvalue weighted by atomic mass is 35.5. The van der Waals surface area contributed by atoms with Crippen LogP contribution < -0.4 is 15.8 Å². The number of fused-ring (bicyclic) bond motifs is 1. The third-order valence-corrected chi connectivity index (χ3v) is 5.86. The maximum Gasteiger partial charge on any atom is 0.225 e. The second-order valence-corrected chi connectivity index (χ2v) is 8.31. The van der Waals surface area contributed by atoms with E-state index in [4.69, 9.17) is 22.1 Å². The van der Waals surface area contributed by atoms with E-state index in [1.54, 1.807) is 41.1 Å². The van der Waals surface area contributed by atoms with Crippen molar-refractivity contribution in [2.24, 2.45) is 0 Å². The van der Waals surface area contributed by atoms with E-state index in [2.05, 4.69) is 32.5 Å². The van der Waals surface area contributed by atoms with Gasteiger partial charge in [-0.15, -0.1) is 5.10 Å². The van der Waals surface area contributed by atoms with E-state index < -0.39 is 5.82 Å². The molecule has 2 heterocycles. The van der Waals surface area contributed by atoms with Crippen LogP contribution in [0.2, 0.25) is 5.02 Å². The lowest BCUT2D eigenvalue weighted by Crippen LogP contribution is -2.09. The molecule has 176 valence electrons. The maximum absolute atomic E-state index is 15.1. The van der Waals surface area contributed by atoms with Crippen LogP contribution in [-0.2, 0) is 6.42 Å². The minimum Gasteiger partial charge on any atom is -0.497 e. The third kappa shape index (κ3) is 4.61. The van der Waals surface area contributed by atoms with Gasteiger partial charge in [-0.3, -0.25) is 0 Å². The maximum atomic E-state index is 15.1. The number of hydrogen-bond donors (Lipinski definition) is 2. The minimum absolute atomic E-state index is 0.270. The number of methoxy groups -OCH3 is 1. The Hall–Kier alpha value is -4.17. The van der Waals surface area contributed by atoms with E-state index >= 15 is 4.39 Å². The number of nitrogens with two attached hydrogens (primary N) is 1. The first-order valence-corrected chi connectivity index (χ1v) is 11.3. The van der Waals surface area contributed by atoms with E-state index in [0.717, 1.165) is 6.42 Å². The van der Waals surface area contributed by atoms with E-state index in [0.29, 0.717) is 51.5 Å². The molecule has 0 spiro atoms. The Morgan fingerprint density at radius 1 is 1.03 bits per heavy atom. The molecule has 0 atom stereocenters. The monoisotopic (exact) mass is 488 g/mol. The molecule has 0 amide bonds. The van der Waals surface area contributed by atoms with Gasteiger partial charge in [0.05, 0.1) is 23.9 Å². The summed E-state index contributed by atoms with van der Waals surface area (Å²) in [5, 5.41) is 8.88. The summed E-state index contributed by atoms with van der Waals surface area (Å²) in [7, 11) is 1.49. The zero-order chi connectivity index (χ0) is 24.4. The van der Waals surface area contributed by atoms with Crippen molar-refractivity contribution in [3.8, 4) is 22.7 Å². The lowest BCUT2D eigenvalue weighted by Gasteiger charge is -2.10. The van der Waals surface area contributed by atoms with Crippen molar-refractivity contribution in [3.63, 3.8) is 0 Å². The van der Waals surface area contributed by atoms with E-state index in [1.165, 1.54) is 18.7 Å². The van der Waals surface area contributed by atoms with Gasteiger partial charge >= 0.3 is 0 Å². The SMILES string of the molecule is COc1ccc(-c2nc(NCCc3ccccc3)nc3nn(-c4ccc(Cl)cc4)c(N)c23)c(F)c1. The van der Waals surface area contributed by atoms with Crippen LogP contribution in [0.15, 0.2) is 72.8 Å². The zero-order valence-corrected chi connectivity index (χ0v) is 19.6. The van der Waals surface area contributed by atoms with Crippen molar-refractivity contribution >= 4 is 34.4 Å². The topological polar surface area (TPSA) is 90.9 Å². The number of anilines is 2. The van der Waals surface area contributed by atoms with E-state index in [-0.39, 0.29) is 5.56 Å². The fraction of sp³-hybridized carbons (Fsp3) is 0.115. The Bertz CT molecular complexity index is 1490. The molecule has 0 aliphatic heterocycles. The van der Waals surface area contributed by atoms with E-state index in [9.17, 15) is 0 Å². The number of nitrogens with zero attached hydrogens (tertiary/aromatic N) is 4. The van der Waals surface area contributed by atoms with Gasteiger partial charge in [0, 0.05) is 23.2 Å². The lowest BCUT2D eigenvalue weighted by atomic mass is 10.1. The molecule has 0 radical (unpaired) electrons. The average molecular weight is 489 g/mol. The first-order chi connectivity index (χ1) is 17.0. The van der Waals surface area contributed by atoms with Crippen LogP contribution in [0.4, 0.5) is 16.2 Å². The van der Waals surface area contributed by atoms with E-state index in [1.807, 2.05) is 18.2 Å².